The molecule has 1 unspecified atom stereocenters. The van der Waals surface area contributed by atoms with Crippen molar-refractivity contribution in [2.75, 3.05) is 6.61 Å². The number of ether oxygens (including phenoxy) is 1. The van der Waals surface area contributed by atoms with Gasteiger partial charge in [0.25, 0.3) is 0 Å². The van der Waals surface area contributed by atoms with Crippen molar-refractivity contribution in [3.8, 4) is 5.75 Å². The molecule has 0 spiro atoms. The number of rotatable bonds is 4. The minimum atomic E-state index is -1.67. The minimum Gasteiger partial charge on any atom is -0.507 e. The molecule has 1 saturated heterocycles. The van der Waals surface area contributed by atoms with Gasteiger partial charge in [-0.05, 0) is 25.5 Å². The Morgan fingerprint density at radius 3 is 2.43 bits per heavy atom. The number of ketones is 1. The van der Waals surface area contributed by atoms with Crippen molar-refractivity contribution in [2.45, 2.75) is 50.8 Å². The highest BCUT2D eigenvalue weighted by Crippen LogP contribution is 2.41. The van der Waals surface area contributed by atoms with Crippen molar-refractivity contribution in [3.63, 3.8) is 0 Å². The number of benzene rings is 1. The molecule has 5 N–H and O–H groups in total. The summed E-state index contributed by atoms with van der Waals surface area (Å²) in [6.07, 6.45) is -7.65. The van der Waals surface area contributed by atoms with Crippen molar-refractivity contribution in [2.24, 2.45) is 0 Å². The molecule has 0 amide bonds. The van der Waals surface area contributed by atoms with Gasteiger partial charge in [0.15, 0.2) is 5.43 Å². The summed E-state index contributed by atoms with van der Waals surface area (Å²) in [5, 5.41) is 50.5. The maximum atomic E-state index is 12.6. The number of aromatic hydroxyl groups is 1. The molecule has 9 heteroatoms. The second-order valence-electron chi connectivity index (χ2n) is 7.04. The Labute approximate surface area is 159 Å². The number of phenolic OH excluding ortho intramolecular Hbond substituents is 1. The number of carbonyl (C=O) groups is 1. The molecule has 1 aliphatic heterocycles. The van der Waals surface area contributed by atoms with Crippen LogP contribution < -0.4 is 5.43 Å². The Hall–Kier alpha value is -2.30. The van der Waals surface area contributed by atoms with Crippen LogP contribution in [-0.4, -0.2) is 62.3 Å². The molecule has 1 aliphatic rings. The molecule has 3 rings (SSSR count). The molecule has 152 valence electrons. The van der Waals surface area contributed by atoms with Gasteiger partial charge >= 0.3 is 0 Å². The van der Waals surface area contributed by atoms with Crippen LogP contribution in [0, 0.1) is 6.92 Å². The van der Waals surface area contributed by atoms with Gasteiger partial charge in [0, 0.05) is 6.07 Å². The van der Waals surface area contributed by atoms with Crippen LogP contribution in [-0.2, 0) is 16.0 Å². The normalized spacial score (nSPS) is 27.9. The molecule has 0 radical (unpaired) electrons. The van der Waals surface area contributed by atoms with Crippen molar-refractivity contribution in [1.82, 2.24) is 0 Å². The maximum absolute atomic E-state index is 12.6. The van der Waals surface area contributed by atoms with E-state index in [1.165, 1.54) is 19.1 Å². The zero-order chi connectivity index (χ0) is 20.7. The van der Waals surface area contributed by atoms with E-state index in [2.05, 4.69) is 0 Å². The summed E-state index contributed by atoms with van der Waals surface area (Å²) in [6, 6.07) is 2.48. The molecule has 28 heavy (non-hydrogen) atoms. The number of Topliss-reactive ketones (excluding diaryl/α,β-unsaturated/α-hetero) is 1. The van der Waals surface area contributed by atoms with Gasteiger partial charge in [-0.15, -0.1) is 0 Å². The van der Waals surface area contributed by atoms with Gasteiger partial charge in [-0.3, -0.25) is 9.59 Å². The quantitative estimate of drug-likeness (QED) is 0.459. The predicted octanol–water partition coefficient (Wildman–Crippen LogP) is -0.547. The summed E-state index contributed by atoms with van der Waals surface area (Å²) in [5.74, 6) is -0.535. The number of aliphatic hydroxyl groups excluding tert-OH is 4. The summed E-state index contributed by atoms with van der Waals surface area (Å²) in [6.45, 7) is 2.27. The number of fused-ring (bicyclic) bond motifs is 1. The van der Waals surface area contributed by atoms with Crippen molar-refractivity contribution >= 4 is 16.8 Å². The van der Waals surface area contributed by atoms with Crippen LogP contribution in [0.2, 0.25) is 0 Å². The first-order valence-corrected chi connectivity index (χ1v) is 8.74. The van der Waals surface area contributed by atoms with Crippen LogP contribution in [0.3, 0.4) is 0 Å². The molecule has 5 atom stereocenters. The van der Waals surface area contributed by atoms with E-state index in [9.17, 15) is 35.1 Å². The Balaban J connectivity index is 2.26. The average molecular weight is 394 g/mol. The summed E-state index contributed by atoms with van der Waals surface area (Å²) < 4.78 is 11.2. The number of aliphatic hydroxyl groups is 4. The summed E-state index contributed by atoms with van der Waals surface area (Å²) in [5.41, 5.74) is -0.240. The van der Waals surface area contributed by atoms with Gasteiger partial charge in [0.2, 0.25) is 0 Å². The van der Waals surface area contributed by atoms with Crippen LogP contribution in [0.1, 0.15) is 29.9 Å². The second kappa shape index (κ2) is 7.61. The SMILES string of the molecule is CC(=O)Cc1cc(=O)c2c(C)cc(O)c(C3O[C@H](CO)[C@@H](O)[C@H](O)[C@H]3O)c2o1. The monoisotopic (exact) mass is 394 g/mol. The van der Waals surface area contributed by atoms with Crippen LogP contribution >= 0.6 is 0 Å². The summed E-state index contributed by atoms with van der Waals surface area (Å²) >= 11 is 0. The molecule has 9 nitrogen and oxygen atoms in total. The van der Waals surface area contributed by atoms with Crippen molar-refractivity contribution < 1.29 is 39.5 Å². The highest BCUT2D eigenvalue weighted by atomic mass is 16.5. The zero-order valence-corrected chi connectivity index (χ0v) is 15.3. The lowest BCUT2D eigenvalue weighted by Gasteiger charge is -2.40. The van der Waals surface area contributed by atoms with E-state index in [1.807, 2.05) is 0 Å². The van der Waals surface area contributed by atoms with Crippen LogP contribution in [0.5, 0.6) is 5.75 Å². The first-order valence-electron chi connectivity index (χ1n) is 8.74. The fraction of sp³-hybridized carbons (Fsp3) is 0.474. The Morgan fingerprint density at radius 2 is 1.82 bits per heavy atom. The fourth-order valence-electron chi connectivity index (χ4n) is 3.52. The number of carbonyl (C=O) groups excluding carboxylic acids is 1. The third-order valence-electron chi connectivity index (χ3n) is 4.87. The molecule has 2 aromatic rings. The van der Waals surface area contributed by atoms with Crippen LogP contribution in [0.15, 0.2) is 21.3 Å². The zero-order valence-electron chi connectivity index (χ0n) is 15.3. The first-order chi connectivity index (χ1) is 13.1. The van der Waals surface area contributed by atoms with E-state index < -0.39 is 42.6 Å². The standard InChI is InChI=1S/C19H22O9/c1-7-3-10(22)14(19-17(26)16(25)15(24)12(6-20)28-19)18-13(7)11(23)5-9(27-18)4-8(2)21/h3,5,12,15-17,19-20,22,24-26H,4,6H2,1-2H3/t12-,15-,16+,17-,19?/m1/s1. The van der Waals surface area contributed by atoms with Gasteiger partial charge in [0.05, 0.1) is 24.0 Å². The number of hydrogen-bond donors (Lipinski definition) is 5. The number of aryl methyl sites for hydroxylation is 1. The predicted molar refractivity (Wildman–Crippen MR) is 96.0 cm³/mol. The molecule has 1 aromatic heterocycles. The highest BCUT2D eigenvalue weighted by molar-refractivity contribution is 5.86. The number of hydrogen-bond acceptors (Lipinski definition) is 9. The molecule has 1 aromatic carbocycles. The van der Waals surface area contributed by atoms with Gasteiger partial charge < -0.3 is 34.7 Å². The molecule has 0 bridgehead atoms. The molecule has 2 heterocycles. The van der Waals surface area contributed by atoms with Crippen molar-refractivity contribution in [1.29, 1.82) is 0 Å². The Kier molecular flexibility index (Phi) is 5.55. The van der Waals surface area contributed by atoms with Gasteiger partial charge in [0.1, 0.15) is 53.4 Å². The van der Waals surface area contributed by atoms with E-state index in [4.69, 9.17) is 9.15 Å². The molecule has 0 saturated carbocycles. The Bertz CT molecular complexity index is 962. The minimum absolute atomic E-state index is 0.0702. The third-order valence-corrected chi connectivity index (χ3v) is 4.87. The number of phenols is 1. The van der Waals surface area contributed by atoms with Crippen LogP contribution in [0.25, 0.3) is 11.0 Å². The maximum Gasteiger partial charge on any atom is 0.193 e. The average Bonchev–Trinajstić information content (AvgIpc) is 2.60. The third kappa shape index (κ3) is 3.43. The largest absolute Gasteiger partial charge is 0.507 e. The Morgan fingerprint density at radius 1 is 1.14 bits per heavy atom. The van der Waals surface area contributed by atoms with Gasteiger partial charge in [-0.1, -0.05) is 0 Å². The topological polar surface area (TPSA) is 158 Å². The lowest BCUT2D eigenvalue weighted by Crippen LogP contribution is -2.55. The molecule has 0 aliphatic carbocycles. The summed E-state index contributed by atoms with van der Waals surface area (Å²) in [4.78, 5) is 24.0. The molecular weight excluding hydrogens is 372 g/mol. The van der Waals surface area contributed by atoms with Crippen LogP contribution in [0.4, 0.5) is 0 Å². The smallest absolute Gasteiger partial charge is 0.193 e. The van der Waals surface area contributed by atoms with E-state index in [1.54, 1.807) is 6.92 Å². The highest BCUT2D eigenvalue weighted by Gasteiger charge is 2.45. The summed E-state index contributed by atoms with van der Waals surface area (Å²) in [7, 11) is 0. The lowest BCUT2D eigenvalue weighted by molar-refractivity contribution is -0.231. The lowest BCUT2D eigenvalue weighted by atomic mass is 9.89. The van der Waals surface area contributed by atoms with Gasteiger partial charge in [-0.25, -0.2) is 0 Å². The van der Waals surface area contributed by atoms with E-state index in [0.717, 1.165) is 0 Å². The first kappa shape index (κ1) is 20.4. The second-order valence-corrected chi connectivity index (χ2v) is 7.04. The van der Waals surface area contributed by atoms with E-state index in [-0.39, 0.29) is 40.2 Å². The van der Waals surface area contributed by atoms with E-state index >= 15 is 0 Å². The van der Waals surface area contributed by atoms with E-state index in [0.29, 0.717) is 5.56 Å². The van der Waals surface area contributed by atoms with Crippen molar-refractivity contribution in [3.05, 3.63) is 39.2 Å². The van der Waals surface area contributed by atoms with Gasteiger partial charge in [-0.2, -0.15) is 0 Å². The fourth-order valence-corrected chi connectivity index (χ4v) is 3.52. The molecule has 1 fully saturated rings. The molecular formula is C19H22O9.